The summed E-state index contributed by atoms with van der Waals surface area (Å²) in [6, 6.07) is 12.5. The van der Waals surface area contributed by atoms with Crippen LogP contribution in [0.3, 0.4) is 0 Å². The van der Waals surface area contributed by atoms with Gasteiger partial charge in [-0.25, -0.2) is 4.57 Å². The zero-order valence-electron chi connectivity index (χ0n) is 11.6. The second-order valence-corrected chi connectivity index (χ2v) is 4.82. The summed E-state index contributed by atoms with van der Waals surface area (Å²) < 4.78 is 7.82. The molecule has 0 unspecified atom stereocenters. The molecule has 0 saturated heterocycles. The van der Waals surface area contributed by atoms with Gasteiger partial charge in [-0.05, 0) is 11.6 Å². The smallest absolute Gasteiger partial charge is 0.169 e. The molecule has 2 nitrogen and oxygen atoms in total. The van der Waals surface area contributed by atoms with Gasteiger partial charge in [0.05, 0.1) is 6.26 Å². The van der Waals surface area contributed by atoms with Gasteiger partial charge in [0.25, 0.3) is 0 Å². The van der Waals surface area contributed by atoms with Crippen LogP contribution in [-0.2, 0) is 6.54 Å². The molecule has 104 valence electrons. The van der Waals surface area contributed by atoms with E-state index in [4.69, 9.17) is 4.42 Å². The van der Waals surface area contributed by atoms with Crippen molar-refractivity contribution in [3.8, 4) is 11.1 Å². The molecule has 0 atom stereocenters. The predicted octanol–water partition coefficient (Wildman–Crippen LogP) is 1.19. The van der Waals surface area contributed by atoms with Crippen molar-refractivity contribution in [2.24, 2.45) is 0 Å². The molecule has 3 heteroatoms. The van der Waals surface area contributed by atoms with Gasteiger partial charge in [-0.1, -0.05) is 31.5 Å². The quantitative estimate of drug-likeness (QED) is 0.656. The lowest BCUT2D eigenvalue weighted by molar-refractivity contribution is -0.697. The predicted molar refractivity (Wildman–Crippen MR) is 76.8 cm³/mol. The summed E-state index contributed by atoms with van der Waals surface area (Å²) in [5, 5.41) is 1.17. The molecule has 0 radical (unpaired) electrons. The molecule has 20 heavy (non-hydrogen) atoms. The highest BCUT2D eigenvalue weighted by Gasteiger charge is 2.08. The maximum atomic E-state index is 5.59. The Kier molecular flexibility index (Phi) is 4.96. The summed E-state index contributed by atoms with van der Waals surface area (Å²) >= 11 is 0. The van der Waals surface area contributed by atoms with Crippen molar-refractivity contribution in [3.63, 3.8) is 0 Å². The highest BCUT2D eigenvalue weighted by molar-refractivity contribution is 5.93. The van der Waals surface area contributed by atoms with Gasteiger partial charge in [-0.2, -0.15) is 0 Å². The summed E-state index contributed by atoms with van der Waals surface area (Å²) in [6.07, 6.45) is 8.58. The van der Waals surface area contributed by atoms with Crippen LogP contribution in [0.2, 0.25) is 0 Å². The van der Waals surface area contributed by atoms with Crippen LogP contribution in [-0.4, -0.2) is 0 Å². The van der Waals surface area contributed by atoms with Gasteiger partial charge in [0, 0.05) is 29.5 Å². The zero-order chi connectivity index (χ0) is 13.1. The molecule has 0 amide bonds. The third kappa shape index (κ3) is 2.93. The minimum atomic E-state index is 0. The van der Waals surface area contributed by atoms with Gasteiger partial charge in [0.15, 0.2) is 12.4 Å². The van der Waals surface area contributed by atoms with Gasteiger partial charge in [-0.3, -0.25) is 0 Å². The van der Waals surface area contributed by atoms with Gasteiger partial charge in [0.1, 0.15) is 12.1 Å². The number of rotatable bonds is 4. The number of aromatic nitrogens is 1. The van der Waals surface area contributed by atoms with Crippen molar-refractivity contribution < 1.29 is 26.0 Å². The van der Waals surface area contributed by atoms with Crippen molar-refractivity contribution in [2.45, 2.75) is 26.3 Å². The Balaban J connectivity index is 0.00000147. The van der Waals surface area contributed by atoms with E-state index >= 15 is 0 Å². The van der Waals surface area contributed by atoms with Crippen LogP contribution in [0.1, 0.15) is 19.8 Å². The summed E-state index contributed by atoms with van der Waals surface area (Å²) in [6.45, 7) is 3.30. The molecule has 3 rings (SSSR count). The van der Waals surface area contributed by atoms with E-state index in [0.29, 0.717) is 0 Å². The molecule has 0 aliphatic carbocycles. The fraction of sp³-hybridized carbons (Fsp3) is 0.235. The third-order valence-electron chi connectivity index (χ3n) is 3.45. The third-order valence-corrected chi connectivity index (χ3v) is 3.45. The average molecular weight is 332 g/mol. The molecular formula is C17H18BrNO. The van der Waals surface area contributed by atoms with E-state index in [1.165, 1.54) is 29.4 Å². The van der Waals surface area contributed by atoms with E-state index in [1.807, 2.05) is 24.5 Å². The molecule has 1 aromatic carbocycles. The fourth-order valence-corrected chi connectivity index (χ4v) is 2.33. The zero-order valence-corrected chi connectivity index (χ0v) is 13.1. The number of furan rings is 1. The summed E-state index contributed by atoms with van der Waals surface area (Å²) in [4.78, 5) is 0. The number of unbranched alkanes of at least 4 members (excludes halogenated alkanes) is 1. The number of benzene rings is 1. The standard InChI is InChI=1S/C17H18NO.BrH/c1-2-3-10-18-11-8-14(9-12-18)16-13-19-17-7-5-4-6-15(16)17;/h4-9,11-13H,2-3,10H2,1H3;1H/q+1;/p-1. The number of hydrogen-bond donors (Lipinski definition) is 0. The van der Waals surface area contributed by atoms with Crippen molar-refractivity contribution in [1.29, 1.82) is 0 Å². The lowest BCUT2D eigenvalue weighted by Gasteiger charge is -1.99. The van der Waals surface area contributed by atoms with E-state index in [9.17, 15) is 0 Å². The first-order valence-corrected chi connectivity index (χ1v) is 6.84. The van der Waals surface area contributed by atoms with Crippen molar-refractivity contribution in [1.82, 2.24) is 0 Å². The topological polar surface area (TPSA) is 17.0 Å². The Morgan fingerprint density at radius 1 is 1.05 bits per heavy atom. The van der Waals surface area contributed by atoms with Crippen molar-refractivity contribution in [2.75, 3.05) is 0 Å². The molecule has 2 aromatic heterocycles. The Morgan fingerprint density at radius 2 is 1.80 bits per heavy atom. The number of aryl methyl sites for hydroxylation is 1. The second-order valence-electron chi connectivity index (χ2n) is 4.82. The molecular weight excluding hydrogens is 314 g/mol. The molecule has 0 fully saturated rings. The van der Waals surface area contributed by atoms with E-state index < -0.39 is 0 Å². The van der Waals surface area contributed by atoms with E-state index in [-0.39, 0.29) is 17.0 Å². The van der Waals surface area contributed by atoms with Crippen molar-refractivity contribution in [3.05, 3.63) is 55.1 Å². The molecule has 0 aliphatic rings. The first-order chi connectivity index (χ1) is 9.38. The molecule has 0 N–H and O–H groups in total. The van der Waals surface area contributed by atoms with Crippen LogP contribution in [0.15, 0.2) is 59.5 Å². The minimum Gasteiger partial charge on any atom is -1.00 e. The normalized spacial score (nSPS) is 10.4. The van der Waals surface area contributed by atoms with Gasteiger partial charge in [0.2, 0.25) is 0 Å². The largest absolute Gasteiger partial charge is 1.00 e. The van der Waals surface area contributed by atoms with Crippen LogP contribution in [0.25, 0.3) is 22.1 Å². The Morgan fingerprint density at radius 3 is 2.55 bits per heavy atom. The first kappa shape index (κ1) is 14.8. The van der Waals surface area contributed by atoms with Crippen LogP contribution in [0.5, 0.6) is 0 Å². The number of fused-ring (bicyclic) bond motifs is 1. The molecule has 0 aliphatic heterocycles. The van der Waals surface area contributed by atoms with Gasteiger partial charge in [-0.15, -0.1) is 0 Å². The highest BCUT2D eigenvalue weighted by Crippen LogP contribution is 2.29. The Labute approximate surface area is 129 Å². The van der Waals surface area contributed by atoms with Gasteiger partial charge < -0.3 is 21.4 Å². The number of nitrogens with zero attached hydrogens (tertiary/aromatic N) is 1. The van der Waals surface area contributed by atoms with Crippen molar-refractivity contribution >= 4 is 11.0 Å². The molecule has 2 heterocycles. The second kappa shape index (κ2) is 6.71. The van der Waals surface area contributed by atoms with Crippen LogP contribution >= 0.6 is 0 Å². The maximum absolute atomic E-state index is 5.59. The number of para-hydroxylation sites is 1. The van der Waals surface area contributed by atoms with E-state index in [1.54, 1.807) is 0 Å². The molecule has 0 saturated carbocycles. The molecule has 0 spiro atoms. The number of pyridine rings is 1. The summed E-state index contributed by atoms with van der Waals surface area (Å²) in [7, 11) is 0. The van der Waals surface area contributed by atoms with Gasteiger partial charge >= 0.3 is 0 Å². The van der Waals surface area contributed by atoms with E-state index in [2.05, 4.69) is 42.1 Å². The summed E-state index contributed by atoms with van der Waals surface area (Å²) in [5.74, 6) is 0. The lowest BCUT2D eigenvalue weighted by atomic mass is 10.1. The van der Waals surface area contributed by atoms with Crippen LogP contribution < -0.4 is 21.5 Å². The Bertz CT molecular complexity index is 673. The average Bonchev–Trinajstić information content (AvgIpc) is 2.90. The SMILES string of the molecule is CCCC[n+]1ccc(-c2coc3ccccc23)cc1.[Br-]. The highest BCUT2D eigenvalue weighted by atomic mass is 79.9. The molecule has 0 bridgehead atoms. The maximum Gasteiger partial charge on any atom is 0.169 e. The summed E-state index contributed by atoms with van der Waals surface area (Å²) in [5.41, 5.74) is 3.32. The first-order valence-electron chi connectivity index (χ1n) is 6.84. The monoisotopic (exact) mass is 331 g/mol. The number of hydrogen-bond acceptors (Lipinski definition) is 1. The lowest BCUT2D eigenvalue weighted by Crippen LogP contribution is -3.00. The number of halogens is 1. The van der Waals surface area contributed by atoms with E-state index in [0.717, 1.165) is 12.1 Å². The fourth-order valence-electron chi connectivity index (χ4n) is 2.33. The minimum absolute atomic E-state index is 0. The van der Waals surface area contributed by atoms with Crippen LogP contribution in [0, 0.1) is 0 Å². The Hall–Kier alpha value is -1.61. The molecule has 3 aromatic rings. The van der Waals surface area contributed by atoms with Crippen LogP contribution in [0.4, 0.5) is 0 Å².